The van der Waals surface area contributed by atoms with Gasteiger partial charge in [0.1, 0.15) is 0 Å². The molecule has 2 rings (SSSR count). The van der Waals surface area contributed by atoms with Gasteiger partial charge in [0, 0.05) is 37.8 Å². The van der Waals surface area contributed by atoms with E-state index in [-0.39, 0.29) is 22.9 Å². The average molecular weight is 475 g/mol. The van der Waals surface area contributed by atoms with Gasteiger partial charge >= 0.3 is 6.03 Å². The maximum absolute atomic E-state index is 12.5. The van der Waals surface area contributed by atoms with E-state index in [1.54, 1.807) is 36.4 Å². The number of benzene rings is 2. The lowest BCUT2D eigenvalue weighted by Crippen LogP contribution is -2.34. The van der Waals surface area contributed by atoms with E-state index in [1.807, 2.05) is 39.8 Å². The van der Waals surface area contributed by atoms with Gasteiger partial charge in [0.15, 0.2) is 0 Å². The number of carbonyl (C=O) groups excluding carboxylic acids is 2. The number of aryl methyl sites for hydroxylation is 1. The predicted octanol–water partition coefficient (Wildman–Crippen LogP) is 3.50. The molecule has 2 aromatic rings. The number of hydrogen-bond donors (Lipinski definition) is 3. The zero-order chi connectivity index (χ0) is 24.4. The number of nitrogens with zero attached hydrogens (tertiary/aromatic N) is 1. The molecular weight excluding hydrogens is 440 g/mol. The summed E-state index contributed by atoms with van der Waals surface area (Å²) in [6.45, 7) is 8.63. The van der Waals surface area contributed by atoms with Crippen molar-refractivity contribution >= 4 is 27.6 Å². The summed E-state index contributed by atoms with van der Waals surface area (Å²) in [7, 11) is -3.48. The quantitative estimate of drug-likeness (QED) is 0.463. The molecule has 33 heavy (non-hydrogen) atoms. The zero-order valence-electron chi connectivity index (χ0n) is 19.7. The second kappa shape index (κ2) is 12.4. The monoisotopic (exact) mass is 474 g/mol. The Morgan fingerprint density at radius 2 is 1.48 bits per heavy atom. The van der Waals surface area contributed by atoms with Gasteiger partial charge in [-0.1, -0.05) is 38.1 Å². The standard InChI is InChI=1S/C24H34N4O4S/c1-5-28(6-2)33(31,32)22-14-9-19(10-15-22)11-16-23(29)25-17-20-7-12-21(13-8-20)27-24(30)26-18(3)4/h7-10,12-15,18H,5-6,11,16-17H2,1-4H3,(H,25,29)(H2,26,27,30). The summed E-state index contributed by atoms with van der Waals surface area (Å²) in [6.07, 6.45) is 0.822. The first-order valence-corrected chi connectivity index (χ1v) is 12.6. The van der Waals surface area contributed by atoms with Crippen LogP contribution >= 0.6 is 0 Å². The Labute approximate surface area is 196 Å². The fraction of sp³-hybridized carbons (Fsp3) is 0.417. The van der Waals surface area contributed by atoms with Gasteiger partial charge in [0.05, 0.1) is 4.90 Å². The summed E-state index contributed by atoms with van der Waals surface area (Å²) < 4.78 is 26.5. The van der Waals surface area contributed by atoms with Crippen molar-refractivity contribution < 1.29 is 18.0 Å². The van der Waals surface area contributed by atoms with Gasteiger partial charge in [-0.05, 0) is 55.7 Å². The number of amides is 3. The lowest BCUT2D eigenvalue weighted by atomic mass is 10.1. The summed E-state index contributed by atoms with van der Waals surface area (Å²) in [5.74, 6) is -0.0895. The highest BCUT2D eigenvalue weighted by Crippen LogP contribution is 2.17. The molecule has 8 nitrogen and oxygen atoms in total. The van der Waals surface area contributed by atoms with E-state index in [4.69, 9.17) is 0 Å². The molecular formula is C24H34N4O4S. The molecule has 0 spiro atoms. The average Bonchev–Trinajstić information content (AvgIpc) is 2.77. The van der Waals surface area contributed by atoms with Crippen LogP contribution in [0.3, 0.4) is 0 Å². The number of hydrogen-bond acceptors (Lipinski definition) is 4. The topological polar surface area (TPSA) is 108 Å². The third-order valence-corrected chi connectivity index (χ3v) is 7.09. The van der Waals surface area contributed by atoms with E-state index in [9.17, 15) is 18.0 Å². The van der Waals surface area contributed by atoms with E-state index in [1.165, 1.54) is 4.31 Å². The Morgan fingerprint density at radius 3 is 2.03 bits per heavy atom. The minimum absolute atomic E-state index is 0.0536. The van der Waals surface area contributed by atoms with Gasteiger partial charge in [-0.15, -0.1) is 0 Å². The molecule has 0 saturated heterocycles. The smallest absolute Gasteiger partial charge is 0.319 e. The Morgan fingerprint density at radius 1 is 0.909 bits per heavy atom. The highest BCUT2D eigenvalue weighted by atomic mass is 32.2. The summed E-state index contributed by atoms with van der Waals surface area (Å²) >= 11 is 0. The van der Waals surface area contributed by atoms with E-state index >= 15 is 0 Å². The first-order chi connectivity index (χ1) is 15.6. The van der Waals surface area contributed by atoms with Crippen LogP contribution in [-0.4, -0.2) is 43.8 Å². The van der Waals surface area contributed by atoms with Crippen molar-refractivity contribution in [2.45, 2.75) is 58.0 Å². The van der Waals surface area contributed by atoms with E-state index in [0.29, 0.717) is 38.2 Å². The SMILES string of the molecule is CCN(CC)S(=O)(=O)c1ccc(CCC(=O)NCc2ccc(NC(=O)NC(C)C)cc2)cc1. The van der Waals surface area contributed by atoms with Gasteiger partial charge in [0.2, 0.25) is 15.9 Å². The molecule has 0 aliphatic rings. The molecule has 0 aliphatic heterocycles. The Kier molecular flexibility index (Phi) is 9.87. The lowest BCUT2D eigenvalue weighted by Gasteiger charge is -2.18. The number of rotatable bonds is 11. The predicted molar refractivity (Wildman–Crippen MR) is 130 cm³/mol. The van der Waals surface area contributed by atoms with Crippen LogP contribution in [0, 0.1) is 0 Å². The zero-order valence-corrected chi connectivity index (χ0v) is 20.5. The summed E-state index contributed by atoms with van der Waals surface area (Å²) in [4.78, 5) is 24.2. The van der Waals surface area contributed by atoms with Crippen LogP contribution < -0.4 is 16.0 Å². The van der Waals surface area contributed by atoms with Crippen molar-refractivity contribution in [2.24, 2.45) is 0 Å². The normalized spacial score (nSPS) is 11.5. The minimum atomic E-state index is -3.48. The van der Waals surface area contributed by atoms with Crippen molar-refractivity contribution in [2.75, 3.05) is 18.4 Å². The third kappa shape index (κ3) is 8.18. The van der Waals surface area contributed by atoms with E-state index in [0.717, 1.165) is 11.1 Å². The molecule has 0 saturated carbocycles. The number of sulfonamides is 1. The van der Waals surface area contributed by atoms with Crippen molar-refractivity contribution in [1.82, 2.24) is 14.9 Å². The summed E-state index contributed by atoms with van der Waals surface area (Å²) in [6, 6.07) is 13.8. The molecule has 0 heterocycles. The molecule has 3 N–H and O–H groups in total. The van der Waals surface area contributed by atoms with Crippen molar-refractivity contribution in [1.29, 1.82) is 0 Å². The fourth-order valence-corrected chi connectivity index (χ4v) is 4.68. The van der Waals surface area contributed by atoms with Crippen molar-refractivity contribution in [3.63, 3.8) is 0 Å². The van der Waals surface area contributed by atoms with Crippen LogP contribution in [0.15, 0.2) is 53.4 Å². The Balaban J connectivity index is 1.81. The molecule has 0 aliphatic carbocycles. The van der Waals surface area contributed by atoms with Crippen LogP contribution in [0.4, 0.5) is 10.5 Å². The van der Waals surface area contributed by atoms with Crippen LogP contribution in [0.1, 0.15) is 45.2 Å². The van der Waals surface area contributed by atoms with Crippen LogP contribution in [0.25, 0.3) is 0 Å². The maximum Gasteiger partial charge on any atom is 0.319 e. The highest BCUT2D eigenvalue weighted by Gasteiger charge is 2.21. The second-order valence-corrected chi connectivity index (χ2v) is 9.90. The van der Waals surface area contributed by atoms with Crippen LogP contribution in [0.5, 0.6) is 0 Å². The molecule has 2 aromatic carbocycles. The molecule has 3 amide bonds. The van der Waals surface area contributed by atoms with Gasteiger partial charge in [-0.2, -0.15) is 4.31 Å². The molecule has 180 valence electrons. The fourth-order valence-electron chi connectivity index (χ4n) is 3.22. The largest absolute Gasteiger partial charge is 0.352 e. The molecule has 0 atom stereocenters. The van der Waals surface area contributed by atoms with Gasteiger partial charge in [-0.25, -0.2) is 13.2 Å². The molecule has 0 unspecified atom stereocenters. The molecule has 0 aromatic heterocycles. The maximum atomic E-state index is 12.5. The van der Waals surface area contributed by atoms with Crippen LogP contribution in [0.2, 0.25) is 0 Å². The minimum Gasteiger partial charge on any atom is -0.352 e. The Hall–Kier alpha value is -2.91. The second-order valence-electron chi connectivity index (χ2n) is 7.96. The molecule has 0 fully saturated rings. The third-order valence-electron chi connectivity index (χ3n) is 5.03. The summed E-state index contributed by atoms with van der Waals surface area (Å²) in [5.41, 5.74) is 2.50. The Bertz CT molecular complexity index is 1020. The van der Waals surface area contributed by atoms with Crippen molar-refractivity contribution in [3.8, 4) is 0 Å². The van der Waals surface area contributed by atoms with E-state index < -0.39 is 10.0 Å². The molecule has 0 bridgehead atoms. The first kappa shape index (κ1) is 26.3. The van der Waals surface area contributed by atoms with Gasteiger partial charge in [0.25, 0.3) is 0 Å². The number of anilines is 1. The number of carbonyl (C=O) groups is 2. The first-order valence-electron chi connectivity index (χ1n) is 11.2. The highest BCUT2D eigenvalue weighted by molar-refractivity contribution is 7.89. The van der Waals surface area contributed by atoms with Gasteiger partial charge < -0.3 is 16.0 Å². The molecule has 0 radical (unpaired) electrons. The summed E-state index contributed by atoms with van der Waals surface area (Å²) in [5, 5.41) is 8.39. The van der Waals surface area contributed by atoms with Gasteiger partial charge in [-0.3, -0.25) is 4.79 Å². The molecule has 9 heteroatoms. The van der Waals surface area contributed by atoms with Crippen molar-refractivity contribution in [3.05, 3.63) is 59.7 Å². The number of nitrogens with one attached hydrogen (secondary N) is 3. The lowest BCUT2D eigenvalue weighted by molar-refractivity contribution is -0.121. The van der Waals surface area contributed by atoms with E-state index in [2.05, 4.69) is 16.0 Å². The van der Waals surface area contributed by atoms with Crippen LogP contribution in [-0.2, 0) is 27.8 Å². The number of urea groups is 1.